The van der Waals surface area contributed by atoms with Gasteiger partial charge in [-0.15, -0.1) is 0 Å². The van der Waals surface area contributed by atoms with Crippen molar-refractivity contribution in [3.63, 3.8) is 0 Å². The summed E-state index contributed by atoms with van der Waals surface area (Å²) < 4.78 is 1.74. The molecule has 1 saturated heterocycles. The Bertz CT molecular complexity index is 1670. The molecule has 2 heterocycles. The van der Waals surface area contributed by atoms with Gasteiger partial charge in [0.05, 0.1) is 11.6 Å². The van der Waals surface area contributed by atoms with Gasteiger partial charge in [-0.25, -0.2) is 0 Å². The van der Waals surface area contributed by atoms with Crippen LogP contribution in [0.15, 0.2) is 77.7 Å². The Morgan fingerprint density at radius 3 is 2.17 bits per heavy atom. The minimum Gasteiger partial charge on any atom is -0.337 e. The Morgan fingerprint density at radius 1 is 0.951 bits per heavy atom. The first-order valence-electron chi connectivity index (χ1n) is 14.6. The molecule has 0 spiro atoms. The molecule has 210 valence electrons. The molecule has 5 nitrogen and oxygen atoms in total. The summed E-state index contributed by atoms with van der Waals surface area (Å²) in [6.45, 7) is 12.4. The number of likely N-dealkylation sites (tertiary alicyclic amines) is 1. The second-order valence-corrected chi connectivity index (χ2v) is 12.8. The molecule has 1 aliphatic heterocycles. The highest BCUT2D eigenvalue weighted by Gasteiger charge is 2.38. The van der Waals surface area contributed by atoms with Gasteiger partial charge in [-0.05, 0) is 104 Å². The standard InChI is InChI=1S/C36H39N3O2/c1-23-22-38(34(40)32-9-7-8-31(33(23)32)29-14-10-27(21-37)11-15-29)30-16-12-26(13-17-30)20-28-18-24(2)39(25(3)19-28)35(41)36(4,5)6/h7-17,22,24-25,28H,18-20H2,1-6H3. The molecule has 2 unspecified atom stereocenters. The third-order valence-corrected chi connectivity index (χ3v) is 8.47. The summed E-state index contributed by atoms with van der Waals surface area (Å²) in [7, 11) is 0. The number of rotatable bonds is 4. The van der Waals surface area contributed by atoms with Gasteiger partial charge in [0.25, 0.3) is 5.56 Å². The minimum atomic E-state index is -0.365. The maximum absolute atomic E-state index is 13.7. The van der Waals surface area contributed by atoms with Crippen molar-refractivity contribution < 1.29 is 4.79 Å². The van der Waals surface area contributed by atoms with Crippen molar-refractivity contribution >= 4 is 16.7 Å². The van der Waals surface area contributed by atoms with Gasteiger partial charge in [0.15, 0.2) is 0 Å². The summed E-state index contributed by atoms with van der Waals surface area (Å²) in [5.74, 6) is 0.751. The number of aryl methyl sites for hydroxylation is 1. The molecule has 5 rings (SSSR count). The number of hydrogen-bond acceptors (Lipinski definition) is 3. The molecule has 0 N–H and O–H groups in total. The fourth-order valence-corrected chi connectivity index (χ4v) is 6.56. The molecule has 1 aliphatic rings. The zero-order valence-electron chi connectivity index (χ0n) is 24.9. The molecular weight excluding hydrogens is 506 g/mol. The molecule has 41 heavy (non-hydrogen) atoms. The normalized spacial score (nSPS) is 19.2. The maximum atomic E-state index is 13.7. The molecule has 1 amide bonds. The molecule has 0 saturated carbocycles. The Morgan fingerprint density at radius 2 is 1.59 bits per heavy atom. The first-order chi connectivity index (χ1) is 19.5. The molecule has 2 atom stereocenters. The summed E-state index contributed by atoms with van der Waals surface area (Å²) in [5.41, 5.74) is 5.29. The smallest absolute Gasteiger partial charge is 0.262 e. The number of carbonyl (C=O) groups is 1. The van der Waals surface area contributed by atoms with E-state index in [2.05, 4.69) is 36.9 Å². The Kier molecular flexibility index (Phi) is 7.62. The summed E-state index contributed by atoms with van der Waals surface area (Å²) >= 11 is 0. The monoisotopic (exact) mass is 545 g/mol. The predicted octanol–water partition coefficient (Wildman–Crippen LogP) is 7.44. The lowest BCUT2D eigenvalue weighted by molar-refractivity contribution is -0.146. The van der Waals surface area contributed by atoms with Gasteiger partial charge in [0.1, 0.15) is 0 Å². The van der Waals surface area contributed by atoms with Crippen LogP contribution in [-0.2, 0) is 11.2 Å². The number of amides is 1. The van der Waals surface area contributed by atoms with Crippen LogP contribution >= 0.6 is 0 Å². The van der Waals surface area contributed by atoms with E-state index in [0.717, 1.165) is 47.0 Å². The molecule has 1 fully saturated rings. The number of carbonyl (C=O) groups excluding carboxylic acids is 1. The van der Waals surface area contributed by atoms with Crippen molar-refractivity contribution in [2.24, 2.45) is 11.3 Å². The third kappa shape index (κ3) is 5.57. The number of fused-ring (bicyclic) bond motifs is 1. The molecule has 0 bridgehead atoms. The van der Waals surface area contributed by atoms with Gasteiger partial charge in [-0.1, -0.05) is 57.2 Å². The van der Waals surface area contributed by atoms with Crippen molar-refractivity contribution in [2.75, 3.05) is 0 Å². The first-order valence-corrected chi connectivity index (χ1v) is 14.6. The van der Waals surface area contributed by atoms with Crippen molar-refractivity contribution in [3.8, 4) is 22.9 Å². The Balaban J connectivity index is 1.38. The van der Waals surface area contributed by atoms with Gasteiger partial charge in [-0.2, -0.15) is 5.26 Å². The lowest BCUT2D eigenvalue weighted by Gasteiger charge is -2.45. The van der Waals surface area contributed by atoms with E-state index in [1.54, 1.807) is 4.57 Å². The number of aromatic nitrogens is 1. The predicted molar refractivity (Wildman–Crippen MR) is 166 cm³/mol. The molecule has 1 aromatic heterocycles. The summed E-state index contributed by atoms with van der Waals surface area (Å²) in [6.07, 6.45) is 4.89. The van der Waals surface area contributed by atoms with E-state index < -0.39 is 0 Å². The average molecular weight is 546 g/mol. The SMILES string of the molecule is Cc1cn(-c2ccc(CC3CC(C)N(C(=O)C(C)(C)C)C(C)C3)cc2)c(=O)c2cccc(-c3ccc(C#N)cc3)c12. The molecule has 5 heteroatoms. The largest absolute Gasteiger partial charge is 0.337 e. The van der Waals surface area contributed by atoms with E-state index in [1.807, 2.05) is 88.5 Å². The number of pyridine rings is 1. The second kappa shape index (κ2) is 11.0. The molecular formula is C36H39N3O2. The van der Waals surface area contributed by atoms with Crippen LogP contribution in [0.25, 0.3) is 27.6 Å². The van der Waals surface area contributed by atoms with Crippen molar-refractivity contribution in [2.45, 2.75) is 72.9 Å². The van der Waals surface area contributed by atoms with Gasteiger partial charge in [-0.3, -0.25) is 14.2 Å². The highest BCUT2D eigenvalue weighted by atomic mass is 16.2. The van der Waals surface area contributed by atoms with Gasteiger partial charge in [0.2, 0.25) is 5.91 Å². The zero-order chi connectivity index (χ0) is 29.5. The quantitative estimate of drug-likeness (QED) is 0.268. The van der Waals surface area contributed by atoms with Crippen LogP contribution in [0, 0.1) is 29.6 Å². The van der Waals surface area contributed by atoms with E-state index in [0.29, 0.717) is 16.9 Å². The number of nitrogens with zero attached hydrogens (tertiary/aromatic N) is 3. The Hall–Kier alpha value is -4.17. The lowest BCUT2D eigenvalue weighted by Crippen LogP contribution is -2.53. The third-order valence-electron chi connectivity index (χ3n) is 8.47. The fraction of sp³-hybridized carbons (Fsp3) is 0.361. The highest BCUT2D eigenvalue weighted by Crippen LogP contribution is 2.34. The molecule has 0 aliphatic carbocycles. The van der Waals surface area contributed by atoms with Crippen LogP contribution in [0.1, 0.15) is 64.2 Å². The van der Waals surface area contributed by atoms with Crippen LogP contribution in [0.3, 0.4) is 0 Å². The van der Waals surface area contributed by atoms with Crippen LogP contribution in [0.5, 0.6) is 0 Å². The number of hydrogen-bond donors (Lipinski definition) is 0. The summed E-state index contributed by atoms with van der Waals surface area (Å²) in [4.78, 5) is 28.8. The topological polar surface area (TPSA) is 66.1 Å². The number of piperidine rings is 1. The fourth-order valence-electron chi connectivity index (χ4n) is 6.56. The highest BCUT2D eigenvalue weighted by molar-refractivity contribution is 5.98. The zero-order valence-corrected chi connectivity index (χ0v) is 24.9. The van der Waals surface area contributed by atoms with Crippen LogP contribution in [-0.4, -0.2) is 27.5 Å². The number of benzene rings is 3. The maximum Gasteiger partial charge on any atom is 0.262 e. The minimum absolute atomic E-state index is 0.0487. The van der Waals surface area contributed by atoms with Crippen molar-refractivity contribution in [3.05, 3.63) is 100.0 Å². The van der Waals surface area contributed by atoms with Gasteiger partial charge in [0, 0.05) is 34.8 Å². The average Bonchev–Trinajstić information content (AvgIpc) is 2.94. The van der Waals surface area contributed by atoms with E-state index in [9.17, 15) is 9.59 Å². The van der Waals surface area contributed by atoms with E-state index in [-0.39, 0.29) is 29.0 Å². The summed E-state index contributed by atoms with van der Waals surface area (Å²) in [6, 6.07) is 24.3. The molecule has 4 aromatic rings. The molecule has 3 aromatic carbocycles. The van der Waals surface area contributed by atoms with E-state index >= 15 is 0 Å². The van der Waals surface area contributed by atoms with E-state index in [1.165, 1.54) is 5.56 Å². The number of nitriles is 1. The van der Waals surface area contributed by atoms with Gasteiger partial charge >= 0.3 is 0 Å². The molecule has 0 radical (unpaired) electrons. The van der Waals surface area contributed by atoms with Crippen LogP contribution in [0.2, 0.25) is 0 Å². The van der Waals surface area contributed by atoms with E-state index in [4.69, 9.17) is 5.26 Å². The lowest BCUT2D eigenvalue weighted by atomic mass is 9.81. The Labute approximate surface area is 243 Å². The van der Waals surface area contributed by atoms with Crippen molar-refractivity contribution in [1.29, 1.82) is 5.26 Å². The van der Waals surface area contributed by atoms with Crippen molar-refractivity contribution in [1.82, 2.24) is 9.47 Å². The first kappa shape index (κ1) is 28.4. The van der Waals surface area contributed by atoms with Gasteiger partial charge < -0.3 is 4.90 Å². The second-order valence-electron chi connectivity index (χ2n) is 12.8. The van der Waals surface area contributed by atoms with Crippen LogP contribution in [0.4, 0.5) is 0 Å². The van der Waals surface area contributed by atoms with Crippen LogP contribution < -0.4 is 5.56 Å². The summed E-state index contributed by atoms with van der Waals surface area (Å²) in [5, 5.41) is 10.8.